The van der Waals surface area contributed by atoms with Gasteiger partial charge in [-0.3, -0.25) is 0 Å². The van der Waals surface area contributed by atoms with Crippen molar-refractivity contribution in [1.82, 2.24) is 10.2 Å². The summed E-state index contributed by atoms with van der Waals surface area (Å²) in [6, 6.07) is 0.882. The van der Waals surface area contributed by atoms with Gasteiger partial charge in [-0.1, -0.05) is 13.8 Å². The summed E-state index contributed by atoms with van der Waals surface area (Å²) < 4.78 is 0. The van der Waals surface area contributed by atoms with Gasteiger partial charge in [-0.2, -0.15) is 0 Å². The predicted octanol–water partition coefficient (Wildman–Crippen LogP) is 2.11. The van der Waals surface area contributed by atoms with Crippen LogP contribution in [0.1, 0.15) is 39.5 Å². The van der Waals surface area contributed by atoms with Crippen LogP contribution in [-0.2, 0) is 0 Å². The Hall–Kier alpha value is -0.0800. The summed E-state index contributed by atoms with van der Waals surface area (Å²) in [6.45, 7) is 9.95. The number of likely N-dealkylation sites (tertiary alicyclic amines) is 1. The lowest BCUT2D eigenvalue weighted by Crippen LogP contribution is -2.48. The molecule has 15 heavy (non-hydrogen) atoms. The van der Waals surface area contributed by atoms with E-state index in [1.165, 1.54) is 51.9 Å². The Morgan fingerprint density at radius 3 is 2.53 bits per heavy atom. The van der Waals surface area contributed by atoms with Crippen LogP contribution in [0, 0.1) is 11.8 Å². The van der Waals surface area contributed by atoms with Gasteiger partial charge in [-0.05, 0) is 57.2 Å². The third-order valence-corrected chi connectivity index (χ3v) is 4.26. The summed E-state index contributed by atoms with van der Waals surface area (Å²) in [6.07, 6.45) is 5.61. The summed E-state index contributed by atoms with van der Waals surface area (Å²) in [4.78, 5) is 2.77. The Kier molecular flexibility index (Phi) is 4.04. The van der Waals surface area contributed by atoms with Gasteiger partial charge in [0.2, 0.25) is 0 Å². The lowest BCUT2D eigenvalue weighted by Gasteiger charge is -2.41. The first-order valence-electron chi connectivity index (χ1n) is 6.72. The Labute approximate surface area is 94.4 Å². The topological polar surface area (TPSA) is 15.3 Å². The molecule has 0 unspecified atom stereocenters. The molecule has 2 rings (SSSR count). The van der Waals surface area contributed by atoms with Crippen LogP contribution < -0.4 is 5.32 Å². The van der Waals surface area contributed by atoms with Crippen molar-refractivity contribution in [3.8, 4) is 0 Å². The van der Waals surface area contributed by atoms with Gasteiger partial charge < -0.3 is 10.2 Å². The van der Waals surface area contributed by atoms with Crippen LogP contribution in [0.5, 0.6) is 0 Å². The Morgan fingerprint density at radius 2 is 1.87 bits per heavy atom. The van der Waals surface area contributed by atoms with Gasteiger partial charge in [0.1, 0.15) is 0 Å². The van der Waals surface area contributed by atoms with Crippen molar-refractivity contribution in [3.63, 3.8) is 0 Å². The van der Waals surface area contributed by atoms with Crippen molar-refractivity contribution >= 4 is 0 Å². The number of hydrogen-bond donors (Lipinski definition) is 1. The molecule has 1 N–H and O–H groups in total. The zero-order valence-corrected chi connectivity index (χ0v) is 10.3. The molecule has 2 aliphatic rings. The zero-order chi connectivity index (χ0) is 10.7. The number of nitrogens with zero attached hydrogens (tertiary/aromatic N) is 1. The van der Waals surface area contributed by atoms with Gasteiger partial charge in [-0.15, -0.1) is 0 Å². The maximum atomic E-state index is 3.46. The molecule has 0 bridgehead atoms. The molecular formula is C13H26N2. The molecule has 0 amide bonds. The predicted molar refractivity (Wildman–Crippen MR) is 65.0 cm³/mol. The van der Waals surface area contributed by atoms with E-state index < -0.39 is 0 Å². The first kappa shape index (κ1) is 11.4. The van der Waals surface area contributed by atoms with Crippen LogP contribution in [0.25, 0.3) is 0 Å². The first-order chi connectivity index (χ1) is 7.27. The molecule has 2 heteroatoms. The highest BCUT2D eigenvalue weighted by Gasteiger charge is 2.27. The second-order valence-corrected chi connectivity index (χ2v) is 5.62. The molecule has 0 saturated carbocycles. The van der Waals surface area contributed by atoms with Gasteiger partial charge in [0.25, 0.3) is 0 Å². The highest BCUT2D eigenvalue weighted by Crippen LogP contribution is 2.26. The van der Waals surface area contributed by atoms with Crippen LogP contribution in [0.2, 0.25) is 0 Å². The zero-order valence-electron chi connectivity index (χ0n) is 10.3. The highest BCUT2D eigenvalue weighted by atomic mass is 15.2. The van der Waals surface area contributed by atoms with E-state index >= 15 is 0 Å². The minimum absolute atomic E-state index is 0.870. The fourth-order valence-corrected chi connectivity index (χ4v) is 3.09. The number of rotatable bonds is 2. The van der Waals surface area contributed by atoms with E-state index in [1.54, 1.807) is 0 Å². The average Bonchev–Trinajstić information content (AvgIpc) is 2.30. The van der Waals surface area contributed by atoms with Crippen molar-refractivity contribution in [3.05, 3.63) is 0 Å². The van der Waals surface area contributed by atoms with Crippen molar-refractivity contribution in [1.29, 1.82) is 0 Å². The van der Waals surface area contributed by atoms with Gasteiger partial charge in [0.05, 0.1) is 0 Å². The fraction of sp³-hybridized carbons (Fsp3) is 1.00. The Bertz CT molecular complexity index is 185. The largest absolute Gasteiger partial charge is 0.317 e. The lowest BCUT2D eigenvalue weighted by molar-refractivity contribution is 0.0857. The summed E-state index contributed by atoms with van der Waals surface area (Å²) in [5.74, 6) is 1.82. The maximum absolute atomic E-state index is 3.46. The van der Waals surface area contributed by atoms with Gasteiger partial charge in [0.15, 0.2) is 0 Å². The van der Waals surface area contributed by atoms with Gasteiger partial charge in [-0.25, -0.2) is 0 Å². The molecule has 0 aliphatic carbocycles. The molecule has 0 aromatic heterocycles. The monoisotopic (exact) mass is 210 g/mol. The molecule has 2 saturated heterocycles. The Morgan fingerprint density at radius 1 is 1.13 bits per heavy atom. The van der Waals surface area contributed by atoms with Gasteiger partial charge >= 0.3 is 0 Å². The highest BCUT2D eigenvalue weighted by molar-refractivity contribution is 4.83. The van der Waals surface area contributed by atoms with Crippen molar-refractivity contribution in [2.24, 2.45) is 11.8 Å². The number of hydrogen-bond acceptors (Lipinski definition) is 2. The fourth-order valence-electron chi connectivity index (χ4n) is 3.09. The molecule has 2 fully saturated rings. The van der Waals surface area contributed by atoms with Crippen LogP contribution in [0.3, 0.4) is 0 Å². The molecule has 0 aromatic carbocycles. The third-order valence-electron chi connectivity index (χ3n) is 4.26. The molecule has 88 valence electrons. The number of nitrogens with one attached hydrogen (secondary N) is 1. The van der Waals surface area contributed by atoms with E-state index in [4.69, 9.17) is 0 Å². The van der Waals surface area contributed by atoms with Crippen LogP contribution in [0.15, 0.2) is 0 Å². The van der Waals surface area contributed by atoms with E-state index in [1.807, 2.05) is 0 Å². The second kappa shape index (κ2) is 5.31. The molecule has 0 spiro atoms. The van der Waals surface area contributed by atoms with E-state index in [2.05, 4.69) is 24.1 Å². The molecular weight excluding hydrogens is 184 g/mol. The van der Waals surface area contributed by atoms with Crippen LogP contribution in [0.4, 0.5) is 0 Å². The SMILES string of the molecule is CC(C)[C@H]1CCCN(C2CCNCC2)C1. The van der Waals surface area contributed by atoms with Crippen molar-refractivity contribution in [2.75, 3.05) is 26.2 Å². The smallest absolute Gasteiger partial charge is 0.0119 e. The summed E-state index contributed by atoms with van der Waals surface area (Å²) >= 11 is 0. The summed E-state index contributed by atoms with van der Waals surface area (Å²) in [5.41, 5.74) is 0. The average molecular weight is 210 g/mol. The minimum atomic E-state index is 0.870. The normalized spacial score (nSPS) is 31.0. The lowest BCUT2D eigenvalue weighted by atomic mass is 9.86. The quantitative estimate of drug-likeness (QED) is 0.751. The van der Waals surface area contributed by atoms with Crippen molar-refractivity contribution in [2.45, 2.75) is 45.6 Å². The van der Waals surface area contributed by atoms with Crippen molar-refractivity contribution < 1.29 is 0 Å². The van der Waals surface area contributed by atoms with E-state index in [0.29, 0.717) is 0 Å². The standard InChI is InChI=1S/C13H26N2/c1-11(2)12-4-3-9-15(10-12)13-5-7-14-8-6-13/h11-14H,3-10H2,1-2H3/t12-/m0/s1. The second-order valence-electron chi connectivity index (χ2n) is 5.62. The number of piperidine rings is 2. The molecule has 0 aromatic rings. The van der Waals surface area contributed by atoms with E-state index in [9.17, 15) is 0 Å². The van der Waals surface area contributed by atoms with Crippen LogP contribution >= 0.6 is 0 Å². The Balaban J connectivity index is 1.85. The molecule has 2 nitrogen and oxygen atoms in total. The van der Waals surface area contributed by atoms with E-state index in [-0.39, 0.29) is 0 Å². The summed E-state index contributed by atoms with van der Waals surface area (Å²) in [7, 11) is 0. The third kappa shape index (κ3) is 2.94. The maximum Gasteiger partial charge on any atom is 0.0119 e. The summed E-state index contributed by atoms with van der Waals surface area (Å²) in [5, 5.41) is 3.46. The molecule has 2 heterocycles. The molecule has 2 aliphatic heterocycles. The minimum Gasteiger partial charge on any atom is -0.317 e. The van der Waals surface area contributed by atoms with Crippen LogP contribution in [-0.4, -0.2) is 37.1 Å². The molecule has 0 radical (unpaired) electrons. The first-order valence-corrected chi connectivity index (χ1v) is 6.72. The van der Waals surface area contributed by atoms with E-state index in [0.717, 1.165) is 17.9 Å². The van der Waals surface area contributed by atoms with Gasteiger partial charge in [0, 0.05) is 12.6 Å². The molecule has 1 atom stereocenters.